The van der Waals surface area contributed by atoms with Crippen LogP contribution in [0.2, 0.25) is 0 Å². The Morgan fingerprint density at radius 2 is 2.12 bits per heavy atom. The summed E-state index contributed by atoms with van der Waals surface area (Å²) in [5.74, 6) is 0.264. The Bertz CT molecular complexity index is 519. The second-order valence-corrected chi connectivity index (χ2v) is 3.30. The van der Waals surface area contributed by atoms with Gasteiger partial charge in [-0.15, -0.1) is 10.2 Å². The molecule has 0 aliphatic rings. The summed E-state index contributed by atoms with van der Waals surface area (Å²) in [7, 11) is 3.18. The molecule has 0 saturated carbocycles. The zero-order chi connectivity index (χ0) is 11.5. The lowest BCUT2D eigenvalue weighted by atomic mass is 10.1. The van der Waals surface area contributed by atoms with E-state index in [1.807, 2.05) is 19.2 Å². The van der Waals surface area contributed by atoms with Crippen molar-refractivity contribution in [2.24, 2.45) is 7.05 Å². The summed E-state index contributed by atoms with van der Waals surface area (Å²) in [5.41, 5.74) is 1.20. The van der Waals surface area contributed by atoms with E-state index in [-0.39, 0.29) is 5.97 Å². The molecule has 0 N–H and O–H groups in total. The van der Waals surface area contributed by atoms with Crippen LogP contribution in [-0.4, -0.2) is 27.8 Å². The first-order chi connectivity index (χ1) is 7.74. The number of carbonyl (C=O) groups is 1. The first-order valence-electron chi connectivity index (χ1n) is 4.75. The maximum absolute atomic E-state index is 11.6. The molecular weight excluding hydrogens is 206 g/mol. The Morgan fingerprint density at radius 3 is 2.75 bits per heavy atom. The van der Waals surface area contributed by atoms with E-state index < -0.39 is 0 Å². The van der Waals surface area contributed by atoms with E-state index in [9.17, 15) is 4.79 Å². The number of hydrogen-bond acceptors (Lipinski definition) is 4. The van der Waals surface area contributed by atoms with Crippen LogP contribution in [0.1, 0.15) is 10.4 Å². The fourth-order valence-electron chi connectivity index (χ4n) is 1.49. The molecule has 0 radical (unpaired) electrons. The number of nitrogens with zero attached hydrogens (tertiary/aromatic N) is 3. The minimum absolute atomic E-state index is 0.376. The van der Waals surface area contributed by atoms with Gasteiger partial charge in [-0.1, -0.05) is 18.2 Å². The smallest absolute Gasteiger partial charge is 0.338 e. The average Bonchev–Trinajstić information content (AvgIpc) is 2.74. The van der Waals surface area contributed by atoms with Gasteiger partial charge in [-0.25, -0.2) is 4.79 Å². The minimum Gasteiger partial charge on any atom is -0.465 e. The molecule has 0 spiro atoms. The van der Waals surface area contributed by atoms with E-state index in [0.29, 0.717) is 17.0 Å². The van der Waals surface area contributed by atoms with Crippen LogP contribution in [-0.2, 0) is 11.8 Å². The molecule has 0 fully saturated rings. The fourth-order valence-corrected chi connectivity index (χ4v) is 1.49. The molecule has 0 amide bonds. The van der Waals surface area contributed by atoms with E-state index in [1.165, 1.54) is 7.11 Å². The van der Waals surface area contributed by atoms with E-state index >= 15 is 0 Å². The van der Waals surface area contributed by atoms with Crippen LogP contribution in [0.25, 0.3) is 11.4 Å². The van der Waals surface area contributed by atoms with Crippen LogP contribution in [0.3, 0.4) is 0 Å². The molecule has 0 saturated heterocycles. The molecule has 0 aliphatic heterocycles. The molecule has 0 bridgehead atoms. The van der Waals surface area contributed by atoms with Crippen molar-refractivity contribution in [2.75, 3.05) is 7.11 Å². The summed E-state index contributed by atoms with van der Waals surface area (Å²) in [6.45, 7) is 0. The number of benzene rings is 1. The lowest BCUT2D eigenvalue weighted by molar-refractivity contribution is 0.0601. The van der Waals surface area contributed by atoms with Crippen molar-refractivity contribution in [3.8, 4) is 11.4 Å². The summed E-state index contributed by atoms with van der Waals surface area (Å²) in [6, 6.07) is 7.15. The number of hydrogen-bond donors (Lipinski definition) is 0. The Morgan fingerprint density at radius 1 is 1.38 bits per heavy atom. The predicted molar refractivity (Wildman–Crippen MR) is 57.8 cm³/mol. The molecule has 0 unspecified atom stereocenters. The summed E-state index contributed by atoms with van der Waals surface area (Å²) in [4.78, 5) is 11.6. The van der Waals surface area contributed by atoms with Gasteiger partial charge in [0, 0.05) is 12.6 Å². The lowest BCUT2D eigenvalue weighted by Gasteiger charge is -2.06. The van der Waals surface area contributed by atoms with Crippen LogP contribution < -0.4 is 0 Å². The molecule has 2 rings (SSSR count). The van der Waals surface area contributed by atoms with Crippen molar-refractivity contribution in [3.05, 3.63) is 36.2 Å². The highest BCUT2D eigenvalue weighted by Gasteiger charge is 2.15. The van der Waals surface area contributed by atoms with Gasteiger partial charge in [0.25, 0.3) is 0 Å². The first kappa shape index (κ1) is 10.4. The summed E-state index contributed by atoms with van der Waals surface area (Å²) < 4.78 is 6.47. The van der Waals surface area contributed by atoms with Crippen LogP contribution in [0, 0.1) is 0 Å². The van der Waals surface area contributed by atoms with E-state index in [1.54, 1.807) is 23.0 Å². The van der Waals surface area contributed by atoms with Gasteiger partial charge >= 0.3 is 5.97 Å². The standard InChI is InChI=1S/C11H11N3O2/c1-14-7-12-13-10(14)8-5-3-4-6-9(8)11(15)16-2/h3-7H,1-2H3. The lowest BCUT2D eigenvalue weighted by Crippen LogP contribution is -2.05. The summed E-state index contributed by atoms with van der Waals surface area (Å²) in [6.07, 6.45) is 1.59. The molecule has 16 heavy (non-hydrogen) atoms. The Labute approximate surface area is 92.7 Å². The van der Waals surface area contributed by atoms with E-state index in [2.05, 4.69) is 10.2 Å². The molecule has 82 valence electrons. The SMILES string of the molecule is COC(=O)c1ccccc1-c1nncn1C. The second kappa shape index (κ2) is 4.14. The van der Waals surface area contributed by atoms with Crippen LogP contribution in [0.4, 0.5) is 0 Å². The topological polar surface area (TPSA) is 57.0 Å². The van der Waals surface area contributed by atoms with Gasteiger partial charge in [0.15, 0.2) is 5.82 Å². The van der Waals surface area contributed by atoms with Gasteiger partial charge in [-0.05, 0) is 6.07 Å². The monoisotopic (exact) mass is 217 g/mol. The molecule has 1 aromatic heterocycles. The van der Waals surface area contributed by atoms with E-state index in [4.69, 9.17) is 4.74 Å². The number of aromatic nitrogens is 3. The second-order valence-electron chi connectivity index (χ2n) is 3.30. The third-order valence-electron chi connectivity index (χ3n) is 2.28. The number of aryl methyl sites for hydroxylation is 1. The molecule has 0 aliphatic carbocycles. The Kier molecular flexibility index (Phi) is 2.68. The zero-order valence-electron chi connectivity index (χ0n) is 9.04. The minimum atomic E-state index is -0.376. The highest BCUT2D eigenvalue weighted by Crippen LogP contribution is 2.21. The third-order valence-corrected chi connectivity index (χ3v) is 2.28. The van der Waals surface area contributed by atoms with Crippen molar-refractivity contribution in [1.29, 1.82) is 0 Å². The molecule has 5 heteroatoms. The van der Waals surface area contributed by atoms with Gasteiger partial charge in [-0.3, -0.25) is 0 Å². The fraction of sp³-hybridized carbons (Fsp3) is 0.182. The van der Waals surface area contributed by atoms with Gasteiger partial charge in [-0.2, -0.15) is 0 Å². The van der Waals surface area contributed by atoms with Crippen molar-refractivity contribution in [2.45, 2.75) is 0 Å². The van der Waals surface area contributed by atoms with Crippen molar-refractivity contribution in [3.63, 3.8) is 0 Å². The predicted octanol–water partition coefficient (Wildman–Crippen LogP) is 1.27. The maximum atomic E-state index is 11.6. The number of ether oxygens (including phenoxy) is 1. The van der Waals surface area contributed by atoms with Gasteiger partial charge in [0.1, 0.15) is 6.33 Å². The molecule has 1 heterocycles. The van der Waals surface area contributed by atoms with Gasteiger partial charge < -0.3 is 9.30 Å². The van der Waals surface area contributed by atoms with Gasteiger partial charge in [0.2, 0.25) is 0 Å². The summed E-state index contributed by atoms with van der Waals surface area (Å²) >= 11 is 0. The number of carbonyl (C=O) groups excluding carboxylic acids is 1. The molecule has 2 aromatic rings. The van der Waals surface area contributed by atoms with Crippen LogP contribution >= 0.6 is 0 Å². The quantitative estimate of drug-likeness (QED) is 0.711. The third kappa shape index (κ3) is 1.67. The zero-order valence-corrected chi connectivity index (χ0v) is 9.04. The van der Waals surface area contributed by atoms with Gasteiger partial charge in [0.05, 0.1) is 12.7 Å². The largest absolute Gasteiger partial charge is 0.465 e. The first-order valence-corrected chi connectivity index (χ1v) is 4.75. The van der Waals surface area contributed by atoms with Crippen LogP contribution in [0.15, 0.2) is 30.6 Å². The van der Waals surface area contributed by atoms with Crippen LogP contribution in [0.5, 0.6) is 0 Å². The highest BCUT2D eigenvalue weighted by molar-refractivity contribution is 5.96. The normalized spacial score (nSPS) is 10.1. The van der Waals surface area contributed by atoms with E-state index in [0.717, 1.165) is 0 Å². The van der Waals surface area contributed by atoms with Crippen molar-refractivity contribution >= 4 is 5.97 Å². The molecule has 1 aromatic carbocycles. The average molecular weight is 217 g/mol. The maximum Gasteiger partial charge on any atom is 0.338 e. The Hall–Kier alpha value is -2.17. The Balaban J connectivity index is 2.57. The number of esters is 1. The van der Waals surface area contributed by atoms with Crippen molar-refractivity contribution in [1.82, 2.24) is 14.8 Å². The molecule has 5 nitrogen and oxygen atoms in total. The number of methoxy groups -OCH3 is 1. The summed E-state index contributed by atoms with van der Waals surface area (Å²) in [5, 5.41) is 7.75. The molecular formula is C11H11N3O2. The number of rotatable bonds is 2. The highest BCUT2D eigenvalue weighted by atomic mass is 16.5. The van der Waals surface area contributed by atoms with Crippen molar-refractivity contribution < 1.29 is 9.53 Å². The molecule has 0 atom stereocenters.